The Hall–Kier alpha value is -1.34. The van der Waals surface area contributed by atoms with E-state index in [1.807, 2.05) is 34.6 Å². The van der Waals surface area contributed by atoms with Crippen LogP contribution in [-0.4, -0.2) is 30.8 Å². The average molecular weight is 497 g/mol. The van der Waals surface area contributed by atoms with Gasteiger partial charge in [-0.1, -0.05) is 6.42 Å². The highest BCUT2D eigenvalue weighted by atomic mass is 79.9. The van der Waals surface area contributed by atoms with E-state index in [1.165, 1.54) is 19.3 Å². The molecule has 1 aromatic heterocycles. The van der Waals surface area contributed by atoms with Crippen molar-refractivity contribution in [2.24, 2.45) is 5.41 Å². The summed E-state index contributed by atoms with van der Waals surface area (Å²) < 4.78 is 13.4. The van der Waals surface area contributed by atoms with Crippen LogP contribution in [0.15, 0.2) is 4.47 Å². The monoisotopic (exact) mass is 496 g/mol. The van der Waals surface area contributed by atoms with Crippen LogP contribution in [0.25, 0.3) is 0 Å². The molecular weight excluding hydrogens is 460 g/mol. The van der Waals surface area contributed by atoms with Gasteiger partial charge in [0.25, 0.3) is 0 Å². The van der Waals surface area contributed by atoms with Gasteiger partial charge in [0.15, 0.2) is 11.8 Å². The molecule has 31 heavy (non-hydrogen) atoms. The van der Waals surface area contributed by atoms with E-state index in [2.05, 4.69) is 20.8 Å². The van der Waals surface area contributed by atoms with Crippen LogP contribution in [-0.2, 0) is 14.3 Å². The van der Waals surface area contributed by atoms with Crippen LogP contribution < -0.4 is 9.63 Å². The minimum Gasteiger partial charge on any atom is -0.618 e. The molecule has 0 amide bonds. The summed E-state index contributed by atoms with van der Waals surface area (Å²) in [5, 5.41) is 13.0. The van der Waals surface area contributed by atoms with E-state index >= 15 is 0 Å². The molecule has 1 aromatic rings. The van der Waals surface area contributed by atoms with Gasteiger partial charge in [0.1, 0.15) is 4.47 Å². The third kappa shape index (κ3) is 5.03. The number of aromatic nitrogens is 1. The smallest absolute Gasteiger partial charge is 0.340 e. The van der Waals surface area contributed by atoms with Crippen molar-refractivity contribution in [3.63, 3.8) is 0 Å². The van der Waals surface area contributed by atoms with Crippen molar-refractivity contribution >= 4 is 27.6 Å². The number of pyridine rings is 1. The SMILES string of the molecule is Cc1c(Br)c(N2CCC3(CCC3)CC2)c([C@H](OC(C)(C)C)C(=O)OC(C)C)c(C)[n+]1[O-]. The maximum atomic E-state index is 13.2. The lowest BCUT2D eigenvalue weighted by Gasteiger charge is -2.49. The molecular formula is C24H37BrN2O4. The van der Waals surface area contributed by atoms with Crippen LogP contribution in [0.2, 0.25) is 0 Å². The van der Waals surface area contributed by atoms with E-state index in [9.17, 15) is 10.0 Å². The molecule has 3 rings (SSSR count). The van der Waals surface area contributed by atoms with Gasteiger partial charge in [0, 0.05) is 26.9 Å². The van der Waals surface area contributed by atoms with Crippen LogP contribution in [0.3, 0.4) is 0 Å². The van der Waals surface area contributed by atoms with Crippen molar-refractivity contribution in [2.45, 2.75) is 98.4 Å². The predicted molar refractivity (Wildman–Crippen MR) is 125 cm³/mol. The minimum atomic E-state index is -0.978. The fourth-order valence-corrected chi connectivity index (χ4v) is 5.41. The second-order valence-electron chi connectivity index (χ2n) is 10.5. The van der Waals surface area contributed by atoms with E-state index in [4.69, 9.17) is 9.47 Å². The number of halogens is 1. The van der Waals surface area contributed by atoms with Gasteiger partial charge in [-0.2, -0.15) is 4.73 Å². The number of anilines is 1. The third-order valence-electron chi connectivity index (χ3n) is 6.63. The Balaban J connectivity index is 2.10. The highest BCUT2D eigenvalue weighted by molar-refractivity contribution is 9.10. The number of piperidine rings is 1. The lowest BCUT2D eigenvalue weighted by atomic mass is 9.63. The Morgan fingerprint density at radius 2 is 1.71 bits per heavy atom. The number of nitrogens with zero attached hydrogens (tertiary/aromatic N) is 2. The lowest BCUT2D eigenvalue weighted by molar-refractivity contribution is -0.620. The van der Waals surface area contributed by atoms with Crippen LogP contribution in [0.4, 0.5) is 5.69 Å². The number of hydrogen-bond donors (Lipinski definition) is 0. The largest absolute Gasteiger partial charge is 0.618 e. The van der Waals surface area contributed by atoms with Gasteiger partial charge in [-0.3, -0.25) is 0 Å². The Morgan fingerprint density at radius 3 is 2.16 bits per heavy atom. The molecule has 1 spiro atoms. The molecule has 1 saturated heterocycles. The van der Waals surface area contributed by atoms with Crippen LogP contribution in [0.1, 0.15) is 89.8 Å². The molecule has 7 heteroatoms. The molecule has 0 aromatic carbocycles. The Labute approximate surface area is 195 Å². The first-order valence-corrected chi connectivity index (χ1v) is 12.2. The van der Waals surface area contributed by atoms with E-state index in [0.29, 0.717) is 22.4 Å². The molecule has 0 bridgehead atoms. The van der Waals surface area contributed by atoms with Crippen molar-refractivity contribution in [1.82, 2.24) is 0 Å². The summed E-state index contributed by atoms with van der Waals surface area (Å²) in [6, 6.07) is 0. The molecule has 2 fully saturated rings. The molecule has 1 atom stereocenters. The predicted octanol–water partition coefficient (Wildman–Crippen LogP) is 5.28. The van der Waals surface area contributed by atoms with Gasteiger partial charge < -0.3 is 19.6 Å². The number of carbonyl (C=O) groups is 1. The first-order valence-electron chi connectivity index (χ1n) is 11.4. The Morgan fingerprint density at radius 1 is 1.13 bits per heavy atom. The van der Waals surface area contributed by atoms with Crippen molar-refractivity contribution < 1.29 is 19.0 Å². The molecule has 174 valence electrons. The summed E-state index contributed by atoms with van der Waals surface area (Å²) in [7, 11) is 0. The number of ether oxygens (including phenoxy) is 2. The second-order valence-corrected chi connectivity index (χ2v) is 11.3. The van der Waals surface area contributed by atoms with E-state index in [1.54, 1.807) is 13.8 Å². The van der Waals surface area contributed by atoms with Gasteiger partial charge in [-0.05, 0) is 81.6 Å². The summed E-state index contributed by atoms with van der Waals surface area (Å²) in [6.07, 6.45) is 5.00. The molecule has 2 aliphatic rings. The van der Waals surface area contributed by atoms with Crippen LogP contribution in [0.5, 0.6) is 0 Å². The summed E-state index contributed by atoms with van der Waals surface area (Å²) >= 11 is 3.69. The summed E-state index contributed by atoms with van der Waals surface area (Å²) in [4.78, 5) is 15.5. The summed E-state index contributed by atoms with van der Waals surface area (Å²) in [5.74, 6) is -0.461. The lowest BCUT2D eigenvalue weighted by Crippen LogP contribution is -2.46. The second kappa shape index (κ2) is 8.89. The van der Waals surface area contributed by atoms with Gasteiger partial charge >= 0.3 is 5.97 Å². The molecule has 1 aliphatic carbocycles. The van der Waals surface area contributed by atoms with E-state index in [0.717, 1.165) is 40.8 Å². The molecule has 6 nitrogen and oxygen atoms in total. The average Bonchev–Trinajstić information content (AvgIpc) is 2.65. The molecule has 2 heterocycles. The van der Waals surface area contributed by atoms with Crippen molar-refractivity contribution in [1.29, 1.82) is 0 Å². The standard InChI is InChI=1S/C24H37BrN2O4/c1-15(2)30-22(28)21(31-23(5,6)7)18-16(3)27(29)17(4)19(25)20(18)26-13-11-24(12-14-26)9-8-10-24/h15,21H,8-14H2,1-7H3/t21-/m0/s1. The fraction of sp³-hybridized carbons (Fsp3) is 0.750. The van der Waals surface area contributed by atoms with Gasteiger partial charge in [0.05, 0.1) is 23.0 Å². The highest BCUT2D eigenvalue weighted by Gasteiger charge is 2.43. The summed E-state index contributed by atoms with van der Waals surface area (Å²) in [6.45, 7) is 14.8. The van der Waals surface area contributed by atoms with E-state index < -0.39 is 17.7 Å². The minimum absolute atomic E-state index is 0.274. The topological polar surface area (TPSA) is 65.7 Å². The maximum absolute atomic E-state index is 13.2. The Bertz CT molecular complexity index is 833. The third-order valence-corrected chi connectivity index (χ3v) is 7.58. The van der Waals surface area contributed by atoms with Crippen molar-refractivity contribution in [3.8, 4) is 0 Å². The number of carbonyl (C=O) groups excluding carboxylic acids is 1. The normalized spacial score (nSPS) is 19.5. The Kier molecular flexibility index (Phi) is 6.97. The number of hydrogen-bond acceptors (Lipinski definition) is 5. The zero-order valence-corrected chi connectivity index (χ0v) is 21.6. The van der Waals surface area contributed by atoms with Gasteiger partial charge in [-0.15, -0.1) is 0 Å². The zero-order valence-electron chi connectivity index (χ0n) is 20.0. The fourth-order valence-electron chi connectivity index (χ4n) is 4.79. The number of esters is 1. The van der Waals surface area contributed by atoms with Gasteiger partial charge in [-0.25, -0.2) is 4.79 Å². The van der Waals surface area contributed by atoms with Crippen LogP contribution >= 0.6 is 15.9 Å². The zero-order chi connectivity index (χ0) is 23.1. The molecule has 0 N–H and O–H groups in total. The van der Waals surface area contributed by atoms with Gasteiger partial charge in [0.2, 0.25) is 5.69 Å². The molecule has 0 unspecified atom stereocenters. The number of rotatable bonds is 5. The van der Waals surface area contributed by atoms with Crippen LogP contribution in [0, 0.1) is 24.5 Å². The summed E-state index contributed by atoms with van der Waals surface area (Å²) in [5.41, 5.74) is 2.48. The molecule has 1 aliphatic heterocycles. The molecule has 0 radical (unpaired) electrons. The first kappa shape index (κ1) is 24.3. The first-order chi connectivity index (χ1) is 14.4. The maximum Gasteiger partial charge on any atom is 0.340 e. The molecule has 1 saturated carbocycles. The van der Waals surface area contributed by atoms with E-state index in [-0.39, 0.29) is 6.10 Å². The quantitative estimate of drug-likeness (QED) is 0.315. The van der Waals surface area contributed by atoms with Crippen molar-refractivity contribution in [3.05, 3.63) is 26.6 Å². The van der Waals surface area contributed by atoms with Crippen molar-refractivity contribution in [2.75, 3.05) is 18.0 Å². The highest BCUT2D eigenvalue weighted by Crippen LogP contribution is 2.50.